The summed E-state index contributed by atoms with van der Waals surface area (Å²) < 4.78 is 0. The zero-order valence-electron chi connectivity index (χ0n) is 12.4. The van der Waals surface area contributed by atoms with Crippen LogP contribution in [0.5, 0.6) is 0 Å². The topological polar surface area (TPSA) is 28.2 Å². The lowest BCUT2D eigenvalue weighted by Gasteiger charge is -2.20. The molecule has 1 N–H and O–H groups in total. The largest absolute Gasteiger partial charge is 0.348 e. The normalized spacial score (nSPS) is 12.7. The van der Waals surface area contributed by atoms with E-state index in [-0.39, 0.29) is 0 Å². The van der Waals surface area contributed by atoms with E-state index in [2.05, 4.69) is 44.8 Å². The van der Waals surface area contributed by atoms with Crippen LogP contribution in [0.2, 0.25) is 0 Å². The predicted octanol–water partition coefficient (Wildman–Crippen LogP) is 3.75. The van der Waals surface area contributed by atoms with Gasteiger partial charge in [-0.25, -0.2) is 4.98 Å². The van der Waals surface area contributed by atoms with Gasteiger partial charge in [-0.3, -0.25) is 0 Å². The predicted molar refractivity (Wildman–Crippen MR) is 81.7 cm³/mol. The molecule has 1 atom stereocenters. The molecule has 0 aromatic carbocycles. The second kappa shape index (κ2) is 7.74. The number of hydrogen-bond donors (Lipinski definition) is 1. The molecule has 4 heteroatoms. The quantitative estimate of drug-likeness (QED) is 0.779. The van der Waals surface area contributed by atoms with Gasteiger partial charge in [-0.2, -0.15) is 0 Å². The molecule has 3 nitrogen and oxygen atoms in total. The molecule has 18 heavy (non-hydrogen) atoms. The van der Waals surface area contributed by atoms with E-state index in [0.29, 0.717) is 6.04 Å². The first-order chi connectivity index (χ1) is 8.63. The summed E-state index contributed by atoms with van der Waals surface area (Å²) in [5, 5.41) is 4.66. The van der Waals surface area contributed by atoms with E-state index < -0.39 is 0 Å². The SMILES string of the molecule is CCCN(CCC)c1nc(C)c(C(C)NCC)s1. The van der Waals surface area contributed by atoms with Crippen molar-refractivity contribution in [3.05, 3.63) is 10.6 Å². The fourth-order valence-electron chi connectivity index (χ4n) is 2.17. The van der Waals surface area contributed by atoms with Crippen LogP contribution in [0.1, 0.15) is 57.1 Å². The molecule has 1 rings (SSSR count). The number of nitrogens with one attached hydrogen (secondary N) is 1. The van der Waals surface area contributed by atoms with Crippen molar-refractivity contribution in [1.82, 2.24) is 10.3 Å². The molecule has 0 amide bonds. The molecule has 0 spiro atoms. The van der Waals surface area contributed by atoms with E-state index >= 15 is 0 Å². The summed E-state index contributed by atoms with van der Waals surface area (Å²) in [5.74, 6) is 0. The molecule has 1 unspecified atom stereocenters. The van der Waals surface area contributed by atoms with Gasteiger partial charge in [-0.05, 0) is 33.2 Å². The van der Waals surface area contributed by atoms with E-state index in [1.54, 1.807) is 0 Å². The third-order valence-electron chi connectivity index (χ3n) is 2.98. The van der Waals surface area contributed by atoms with Crippen LogP contribution in [-0.4, -0.2) is 24.6 Å². The van der Waals surface area contributed by atoms with Gasteiger partial charge < -0.3 is 10.2 Å². The fraction of sp³-hybridized carbons (Fsp3) is 0.786. The van der Waals surface area contributed by atoms with Gasteiger partial charge in [0.05, 0.1) is 5.69 Å². The minimum Gasteiger partial charge on any atom is -0.348 e. The molecule has 0 aliphatic rings. The summed E-state index contributed by atoms with van der Waals surface area (Å²) in [5.41, 5.74) is 1.18. The van der Waals surface area contributed by atoms with Crippen molar-refractivity contribution in [2.45, 2.75) is 53.5 Å². The second-order valence-corrected chi connectivity index (χ2v) is 5.72. The minimum atomic E-state index is 0.409. The van der Waals surface area contributed by atoms with E-state index in [1.165, 1.54) is 28.5 Å². The van der Waals surface area contributed by atoms with Crippen LogP contribution in [0, 0.1) is 6.92 Å². The third-order valence-corrected chi connectivity index (χ3v) is 4.38. The molecular weight excluding hydrogens is 242 g/mol. The van der Waals surface area contributed by atoms with Crippen molar-refractivity contribution in [3.63, 3.8) is 0 Å². The van der Waals surface area contributed by atoms with E-state index in [1.807, 2.05) is 11.3 Å². The summed E-state index contributed by atoms with van der Waals surface area (Å²) in [6.07, 6.45) is 2.35. The van der Waals surface area contributed by atoms with Gasteiger partial charge in [0.2, 0.25) is 0 Å². The summed E-state index contributed by atoms with van der Waals surface area (Å²) in [6, 6.07) is 0.409. The molecule has 0 aliphatic heterocycles. The van der Waals surface area contributed by atoms with Gasteiger partial charge in [0.15, 0.2) is 5.13 Å². The zero-order chi connectivity index (χ0) is 13.5. The second-order valence-electron chi connectivity index (χ2n) is 4.71. The van der Waals surface area contributed by atoms with Gasteiger partial charge in [-0.1, -0.05) is 20.8 Å². The summed E-state index contributed by atoms with van der Waals surface area (Å²) in [4.78, 5) is 8.55. The Kier molecular flexibility index (Phi) is 6.65. The first-order valence-corrected chi connectivity index (χ1v) is 7.91. The highest BCUT2D eigenvalue weighted by Gasteiger charge is 2.16. The van der Waals surface area contributed by atoms with Gasteiger partial charge >= 0.3 is 0 Å². The van der Waals surface area contributed by atoms with Crippen LogP contribution in [0.3, 0.4) is 0 Å². The Morgan fingerprint density at radius 2 is 1.83 bits per heavy atom. The molecule has 1 aromatic rings. The first-order valence-electron chi connectivity index (χ1n) is 7.09. The van der Waals surface area contributed by atoms with Crippen LogP contribution in [0.4, 0.5) is 5.13 Å². The van der Waals surface area contributed by atoms with Crippen molar-refractivity contribution < 1.29 is 0 Å². The maximum Gasteiger partial charge on any atom is 0.185 e. The summed E-state index contributed by atoms with van der Waals surface area (Å²) in [6.45, 7) is 14.2. The highest BCUT2D eigenvalue weighted by molar-refractivity contribution is 7.15. The van der Waals surface area contributed by atoms with Gasteiger partial charge in [0.25, 0.3) is 0 Å². The number of rotatable bonds is 8. The zero-order valence-corrected chi connectivity index (χ0v) is 13.2. The standard InChI is InChI=1S/C14H27N3S/c1-6-9-17(10-7-2)14-16-12(5)13(18-14)11(4)15-8-3/h11,15H,6-10H2,1-5H3. The number of aromatic nitrogens is 1. The van der Waals surface area contributed by atoms with Gasteiger partial charge in [0.1, 0.15) is 0 Å². The van der Waals surface area contributed by atoms with Crippen molar-refractivity contribution >= 4 is 16.5 Å². The summed E-state index contributed by atoms with van der Waals surface area (Å²) >= 11 is 1.85. The first kappa shape index (κ1) is 15.4. The smallest absolute Gasteiger partial charge is 0.185 e. The Bertz CT molecular complexity index is 343. The third kappa shape index (κ3) is 3.95. The van der Waals surface area contributed by atoms with E-state index in [0.717, 1.165) is 19.6 Å². The highest BCUT2D eigenvalue weighted by atomic mass is 32.1. The lowest BCUT2D eigenvalue weighted by atomic mass is 10.2. The Balaban J connectivity index is 2.86. The number of hydrogen-bond acceptors (Lipinski definition) is 4. The van der Waals surface area contributed by atoms with E-state index in [4.69, 9.17) is 4.98 Å². The van der Waals surface area contributed by atoms with Crippen molar-refractivity contribution in [1.29, 1.82) is 0 Å². The van der Waals surface area contributed by atoms with Crippen molar-refractivity contribution in [2.24, 2.45) is 0 Å². The molecule has 0 bridgehead atoms. The fourth-order valence-corrected chi connectivity index (χ4v) is 3.32. The van der Waals surface area contributed by atoms with Crippen LogP contribution in [0.25, 0.3) is 0 Å². The maximum atomic E-state index is 4.76. The molecular formula is C14H27N3S. The van der Waals surface area contributed by atoms with E-state index in [9.17, 15) is 0 Å². The molecule has 104 valence electrons. The average molecular weight is 269 g/mol. The average Bonchev–Trinajstić information content (AvgIpc) is 2.71. The Morgan fingerprint density at radius 3 is 2.33 bits per heavy atom. The van der Waals surface area contributed by atoms with Crippen molar-refractivity contribution in [3.8, 4) is 0 Å². The van der Waals surface area contributed by atoms with Crippen molar-refractivity contribution in [2.75, 3.05) is 24.5 Å². The van der Waals surface area contributed by atoms with Crippen LogP contribution >= 0.6 is 11.3 Å². The highest BCUT2D eigenvalue weighted by Crippen LogP contribution is 2.30. The molecule has 0 aliphatic carbocycles. The van der Waals surface area contributed by atoms with Gasteiger partial charge in [0, 0.05) is 24.0 Å². The van der Waals surface area contributed by atoms with Crippen LogP contribution < -0.4 is 10.2 Å². The lowest BCUT2D eigenvalue weighted by molar-refractivity contribution is 0.603. The monoisotopic (exact) mass is 269 g/mol. The molecule has 0 saturated heterocycles. The Hall–Kier alpha value is -0.610. The Labute approximate surface area is 116 Å². The number of aryl methyl sites for hydroxylation is 1. The Morgan fingerprint density at radius 1 is 1.22 bits per heavy atom. The molecule has 0 saturated carbocycles. The maximum absolute atomic E-state index is 4.76. The molecule has 0 fully saturated rings. The number of thiazole rings is 1. The van der Waals surface area contributed by atoms with Crippen LogP contribution in [-0.2, 0) is 0 Å². The van der Waals surface area contributed by atoms with Gasteiger partial charge in [-0.15, -0.1) is 11.3 Å². The number of nitrogens with zero attached hydrogens (tertiary/aromatic N) is 2. The lowest BCUT2D eigenvalue weighted by Crippen LogP contribution is -2.24. The van der Waals surface area contributed by atoms with Crippen LogP contribution in [0.15, 0.2) is 0 Å². The summed E-state index contributed by atoms with van der Waals surface area (Å²) in [7, 11) is 0. The molecule has 1 heterocycles. The number of anilines is 1. The molecule has 0 radical (unpaired) electrons. The molecule has 1 aromatic heterocycles. The minimum absolute atomic E-state index is 0.409.